The summed E-state index contributed by atoms with van der Waals surface area (Å²) in [5.74, 6) is 0.713. The summed E-state index contributed by atoms with van der Waals surface area (Å²) in [6.07, 6.45) is 0. The Bertz CT molecular complexity index is 464. The van der Waals surface area contributed by atoms with Gasteiger partial charge in [-0.05, 0) is 31.2 Å². The second-order valence-electron chi connectivity index (χ2n) is 3.20. The van der Waals surface area contributed by atoms with Gasteiger partial charge in [-0.15, -0.1) is 22.9 Å². The molecule has 0 radical (unpaired) electrons. The summed E-state index contributed by atoms with van der Waals surface area (Å²) in [6, 6.07) is 7.02. The SMILES string of the molecule is Cc1sc(-c2ccc(O)cc2)nc1CCl. The van der Waals surface area contributed by atoms with E-state index in [0.29, 0.717) is 5.88 Å². The predicted molar refractivity (Wildman–Crippen MR) is 63.5 cm³/mol. The maximum absolute atomic E-state index is 9.17. The zero-order valence-corrected chi connectivity index (χ0v) is 9.77. The second-order valence-corrected chi connectivity index (χ2v) is 4.67. The Balaban J connectivity index is 2.41. The van der Waals surface area contributed by atoms with Gasteiger partial charge in [0.25, 0.3) is 0 Å². The van der Waals surface area contributed by atoms with Crippen molar-refractivity contribution in [3.05, 3.63) is 34.8 Å². The minimum Gasteiger partial charge on any atom is -0.508 e. The van der Waals surface area contributed by atoms with E-state index in [1.54, 1.807) is 23.5 Å². The first-order valence-electron chi connectivity index (χ1n) is 4.52. The highest BCUT2D eigenvalue weighted by atomic mass is 35.5. The van der Waals surface area contributed by atoms with Gasteiger partial charge in [-0.25, -0.2) is 4.98 Å². The normalized spacial score (nSPS) is 10.5. The van der Waals surface area contributed by atoms with E-state index in [1.807, 2.05) is 19.1 Å². The third kappa shape index (κ3) is 2.13. The van der Waals surface area contributed by atoms with E-state index in [0.717, 1.165) is 21.1 Å². The van der Waals surface area contributed by atoms with Gasteiger partial charge in [-0.3, -0.25) is 0 Å². The van der Waals surface area contributed by atoms with Crippen LogP contribution in [0.5, 0.6) is 5.75 Å². The van der Waals surface area contributed by atoms with Gasteiger partial charge in [0.05, 0.1) is 11.6 Å². The van der Waals surface area contributed by atoms with Gasteiger partial charge in [0.2, 0.25) is 0 Å². The molecule has 0 amide bonds. The number of nitrogens with zero attached hydrogens (tertiary/aromatic N) is 1. The highest BCUT2D eigenvalue weighted by molar-refractivity contribution is 7.15. The number of hydrogen-bond donors (Lipinski definition) is 1. The van der Waals surface area contributed by atoms with Gasteiger partial charge >= 0.3 is 0 Å². The number of thiazole rings is 1. The smallest absolute Gasteiger partial charge is 0.123 e. The molecular weight excluding hydrogens is 230 g/mol. The molecule has 0 atom stereocenters. The fourth-order valence-electron chi connectivity index (χ4n) is 1.28. The van der Waals surface area contributed by atoms with Gasteiger partial charge in [-0.1, -0.05) is 0 Å². The monoisotopic (exact) mass is 239 g/mol. The number of aromatic nitrogens is 1. The largest absolute Gasteiger partial charge is 0.508 e. The Hall–Kier alpha value is -1.06. The molecule has 0 unspecified atom stereocenters. The molecular formula is C11H10ClNOS. The van der Waals surface area contributed by atoms with Crippen LogP contribution in [0.4, 0.5) is 0 Å². The summed E-state index contributed by atoms with van der Waals surface area (Å²) in [7, 11) is 0. The molecule has 0 spiro atoms. The van der Waals surface area contributed by atoms with Crippen molar-refractivity contribution >= 4 is 22.9 Å². The molecule has 0 saturated heterocycles. The number of aromatic hydroxyl groups is 1. The molecule has 0 aliphatic rings. The van der Waals surface area contributed by atoms with Crippen molar-refractivity contribution in [3.8, 4) is 16.3 Å². The number of halogens is 1. The number of hydrogen-bond acceptors (Lipinski definition) is 3. The molecule has 1 heterocycles. The van der Waals surface area contributed by atoms with Gasteiger partial charge in [-0.2, -0.15) is 0 Å². The second kappa shape index (κ2) is 4.21. The average molecular weight is 240 g/mol. The van der Waals surface area contributed by atoms with Crippen LogP contribution in [0.3, 0.4) is 0 Å². The maximum atomic E-state index is 9.17. The molecule has 0 saturated carbocycles. The van der Waals surface area contributed by atoms with E-state index in [1.165, 1.54) is 0 Å². The topological polar surface area (TPSA) is 33.1 Å². The van der Waals surface area contributed by atoms with Gasteiger partial charge < -0.3 is 5.11 Å². The summed E-state index contributed by atoms with van der Waals surface area (Å²) in [5.41, 5.74) is 1.95. The van der Waals surface area contributed by atoms with Gasteiger partial charge in [0, 0.05) is 10.4 Å². The molecule has 1 aromatic carbocycles. The van der Waals surface area contributed by atoms with Crippen molar-refractivity contribution in [2.24, 2.45) is 0 Å². The summed E-state index contributed by atoms with van der Waals surface area (Å²) >= 11 is 7.38. The summed E-state index contributed by atoms with van der Waals surface area (Å²) < 4.78 is 0. The summed E-state index contributed by atoms with van der Waals surface area (Å²) in [4.78, 5) is 5.58. The van der Waals surface area contributed by atoms with Crippen molar-refractivity contribution in [3.63, 3.8) is 0 Å². The van der Waals surface area contributed by atoms with Crippen molar-refractivity contribution in [2.45, 2.75) is 12.8 Å². The Morgan fingerprint density at radius 2 is 2.00 bits per heavy atom. The van der Waals surface area contributed by atoms with Crippen LogP contribution in [0.2, 0.25) is 0 Å². The van der Waals surface area contributed by atoms with Gasteiger partial charge in [0.1, 0.15) is 10.8 Å². The lowest BCUT2D eigenvalue weighted by atomic mass is 10.2. The third-order valence-corrected chi connectivity index (χ3v) is 3.45. The third-order valence-electron chi connectivity index (χ3n) is 2.13. The Labute approximate surface area is 97.2 Å². The van der Waals surface area contributed by atoms with E-state index >= 15 is 0 Å². The Morgan fingerprint density at radius 3 is 2.53 bits per heavy atom. The van der Waals surface area contributed by atoms with Crippen molar-refractivity contribution < 1.29 is 5.11 Å². The summed E-state index contributed by atoms with van der Waals surface area (Å²) in [5, 5.41) is 10.1. The first-order valence-corrected chi connectivity index (χ1v) is 5.87. The highest BCUT2D eigenvalue weighted by Crippen LogP contribution is 2.29. The lowest BCUT2D eigenvalue weighted by Gasteiger charge is -1.95. The molecule has 0 bridgehead atoms. The van der Waals surface area contributed by atoms with Crippen LogP contribution in [0, 0.1) is 6.92 Å². The van der Waals surface area contributed by atoms with Crippen LogP contribution in [0.15, 0.2) is 24.3 Å². The van der Waals surface area contributed by atoms with Crippen LogP contribution in [0.25, 0.3) is 10.6 Å². The number of benzene rings is 1. The fourth-order valence-corrected chi connectivity index (χ4v) is 2.55. The van der Waals surface area contributed by atoms with E-state index in [9.17, 15) is 5.11 Å². The lowest BCUT2D eigenvalue weighted by molar-refractivity contribution is 0.475. The number of rotatable bonds is 2. The molecule has 0 aliphatic heterocycles. The predicted octanol–water partition coefficient (Wildman–Crippen LogP) is 3.56. The molecule has 2 nitrogen and oxygen atoms in total. The molecule has 78 valence electrons. The van der Waals surface area contributed by atoms with E-state index in [4.69, 9.17) is 11.6 Å². The van der Waals surface area contributed by atoms with E-state index in [2.05, 4.69) is 4.98 Å². The molecule has 2 aromatic rings. The standard InChI is InChI=1S/C11H10ClNOS/c1-7-10(6-12)13-11(15-7)8-2-4-9(14)5-3-8/h2-5,14H,6H2,1H3. The van der Waals surface area contributed by atoms with Crippen LogP contribution < -0.4 is 0 Å². The van der Waals surface area contributed by atoms with Crippen LogP contribution in [-0.4, -0.2) is 10.1 Å². The molecule has 2 rings (SSSR count). The molecule has 4 heteroatoms. The van der Waals surface area contributed by atoms with Gasteiger partial charge in [0.15, 0.2) is 0 Å². The van der Waals surface area contributed by atoms with Crippen molar-refractivity contribution in [2.75, 3.05) is 0 Å². The number of phenolic OH excluding ortho intramolecular Hbond substituents is 1. The van der Waals surface area contributed by atoms with Crippen molar-refractivity contribution in [1.82, 2.24) is 4.98 Å². The minimum atomic E-state index is 0.268. The Kier molecular flexibility index (Phi) is 2.93. The number of aryl methyl sites for hydroxylation is 1. The molecule has 0 fully saturated rings. The minimum absolute atomic E-state index is 0.268. The van der Waals surface area contributed by atoms with Crippen LogP contribution >= 0.6 is 22.9 Å². The van der Waals surface area contributed by atoms with E-state index < -0.39 is 0 Å². The van der Waals surface area contributed by atoms with Crippen molar-refractivity contribution in [1.29, 1.82) is 0 Å². The zero-order valence-electron chi connectivity index (χ0n) is 8.20. The lowest BCUT2D eigenvalue weighted by Crippen LogP contribution is -1.80. The van der Waals surface area contributed by atoms with Crippen LogP contribution in [0.1, 0.15) is 10.6 Å². The van der Waals surface area contributed by atoms with E-state index in [-0.39, 0.29) is 5.75 Å². The zero-order chi connectivity index (χ0) is 10.8. The molecule has 1 N–H and O–H groups in total. The first kappa shape index (κ1) is 10.5. The quantitative estimate of drug-likeness (QED) is 0.813. The maximum Gasteiger partial charge on any atom is 0.123 e. The highest BCUT2D eigenvalue weighted by Gasteiger charge is 2.08. The van der Waals surface area contributed by atoms with Crippen LogP contribution in [-0.2, 0) is 5.88 Å². The molecule has 15 heavy (non-hydrogen) atoms. The first-order chi connectivity index (χ1) is 7.20. The number of phenols is 1. The fraction of sp³-hybridized carbons (Fsp3) is 0.182. The average Bonchev–Trinajstić information content (AvgIpc) is 2.61. The number of alkyl halides is 1. The molecule has 0 aliphatic carbocycles. The Morgan fingerprint density at radius 1 is 1.33 bits per heavy atom. The molecule has 1 aromatic heterocycles. The summed E-state index contributed by atoms with van der Waals surface area (Å²) in [6.45, 7) is 2.01.